The van der Waals surface area contributed by atoms with Crippen molar-refractivity contribution in [3.63, 3.8) is 0 Å². The molecule has 2 aromatic rings. The molecular weight excluding hydrogens is 735 g/mol. The van der Waals surface area contributed by atoms with Crippen LogP contribution in [0.4, 0.5) is 0 Å². The summed E-state index contributed by atoms with van der Waals surface area (Å²) < 4.78 is 4.19. The first-order chi connectivity index (χ1) is 18.0. The van der Waals surface area contributed by atoms with E-state index in [0.717, 1.165) is 0 Å². The maximum atomic E-state index is 4.05. The second-order valence-corrected chi connectivity index (χ2v) is 16.5. The van der Waals surface area contributed by atoms with Crippen molar-refractivity contribution in [2.45, 2.75) is 156 Å². The van der Waals surface area contributed by atoms with E-state index in [2.05, 4.69) is 75.2 Å². The standard InChI is InChI=1S/C32H51Br2IS2/c1-4-7-10-13-16-19-22-25-26(23-20-17-14-11-8-5-2)31(33)36-29(25)30-27(28(35)32(34)37-30)24-21-18-15-12-9-6-3/h4-24H2,1-3H3. The highest BCUT2D eigenvalue weighted by Crippen LogP contribution is 2.49. The van der Waals surface area contributed by atoms with Gasteiger partial charge in [0.05, 0.1) is 12.4 Å². The van der Waals surface area contributed by atoms with Gasteiger partial charge in [0.25, 0.3) is 0 Å². The molecule has 212 valence electrons. The van der Waals surface area contributed by atoms with E-state index in [1.54, 1.807) is 26.4 Å². The van der Waals surface area contributed by atoms with Crippen molar-refractivity contribution in [2.24, 2.45) is 0 Å². The van der Waals surface area contributed by atoms with Crippen LogP contribution in [0.1, 0.15) is 153 Å². The lowest BCUT2D eigenvalue weighted by molar-refractivity contribution is 0.599. The molecule has 0 aliphatic carbocycles. The first kappa shape index (κ1) is 34.3. The van der Waals surface area contributed by atoms with E-state index in [1.165, 1.54) is 146 Å². The molecule has 0 saturated heterocycles. The first-order valence-corrected chi connectivity index (χ1v) is 19.6. The number of unbranched alkanes of at least 4 members (excludes halogenated alkanes) is 15. The summed E-state index contributed by atoms with van der Waals surface area (Å²) in [6, 6.07) is 0. The molecule has 0 amide bonds. The Morgan fingerprint density at radius 1 is 0.459 bits per heavy atom. The molecule has 37 heavy (non-hydrogen) atoms. The zero-order valence-electron chi connectivity index (χ0n) is 23.8. The molecule has 0 N–H and O–H groups in total. The minimum atomic E-state index is 1.22. The van der Waals surface area contributed by atoms with Gasteiger partial charge in [-0.25, -0.2) is 0 Å². The summed E-state index contributed by atoms with van der Waals surface area (Å²) >= 11 is 14.6. The highest BCUT2D eigenvalue weighted by molar-refractivity contribution is 14.1. The number of thiophene rings is 2. The molecule has 0 spiro atoms. The van der Waals surface area contributed by atoms with Crippen molar-refractivity contribution in [3.8, 4) is 9.75 Å². The van der Waals surface area contributed by atoms with Crippen LogP contribution in [0.3, 0.4) is 0 Å². The molecule has 5 heteroatoms. The summed E-state index contributed by atoms with van der Waals surface area (Å²) in [5, 5.41) is 0. The molecule has 0 fully saturated rings. The Balaban J connectivity index is 2.19. The SMILES string of the molecule is CCCCCCCCc1c(-c2sc(Br)c(CCCCCCCC)c2CCCCCCCC)sc(Br)c1I. The lowest BCUT2D eigenvalue weighted by Gasteiger charge is -2.10. The fourth-order valence-electron chi connectivity index (χ4n) is 5.23. The molecule has 0 atom stereocenters. The van der Waals surface area contributed by atoms with Gasteiger partial charge in [-0.05, 0) is 110 Å². The van der Waals surface area contributed by atoms with Gasteiger partial charge in [0.15, 0.2) is 0 Å². The molecule has 0 bridgehead atoms. The van der Waals surface area contributed by atoms with Crippen molar-refractivity contribution in [1.29, 1.82) is 0 Å². The molecule has 2 aromatic heterocycles. The van der Waals surface area contributed by atoms with Gasteiger partial charge in [0.2, 0.25) is 0 Å². The zero-order valence-corrected chi connectivity index (χ0v) is 30.8. The van der Waals surface area contributed by atoms with E-state index < -0.39 is 0 Å². The van der Waals surface area contributed by atoms with Crippen LogP contribution in [0.25, 0.3) is 9.75 Å². The predicted octanol–water partition coefficient (Wildman–Crippen LogP) is 14.3. The Kier molecular flexibility index (Phi) is 19.4. The average Bonchev–Trinajstić information content (AvgIpc) is 3.35. The van der Waals surface area contributed by atoms with Crippen LogP contribution in [0.2, 0.25) is 0 Å². The van der Waals surface area contributed by atoms with Crippen molar-refractivity contribution >= 4 is 77.1 Å². The summed E-state index contributed by atoms with van der Waals surface area (Å²) in [4.78, 5) is 3.14. The van der Waals surface area contributed by atoms with Crippen molar-refractivity contribution in [3.05, 3.63) is 27.8 Å². The van der Waals surface area contributed by atoms with Crippen LogP contribution in [0, 0.1) is 3.57 Å². The minimum absolute atomic E-state index is 1.22. The van der Waals surface area contributed by atoms with Crippen LogP contribution in [-0.2, 0) is 19.3 Å². The van der Waals surface area contributed by atoms with Gasteiger partial charge < -0.3 is 0 Å². The first-order valence-electron chi connectivity index (χ1n) is 15.3. The van der Waals surface area contributed by atoms with Crippen LogP contribution in [0.5, 0.6) is 0 Å². The monoisotopic (exact) mass is 784 g/mol. The summed E-state index contributed by atoms with van der Waals surface area (Å²) in [5.41, 5.74) is 4.92. The Bertz CT molecular complexity index is 871. The topological polar surface area (TPSA) is 0 Å². The molecule has 2 rings (SSSR count). The van der Waals surface area contributed by atoms with E-state index in [9.17, 15) is 0 Å². The smallest absolute Gasteiger partial charge is 0.0841 e. The third-order valence-electron chi connectivity index (χ3n) is 7.52. The summed E-state index contributed by atoms with van der Waals surface area (Å²) in [7, 11) is 0. The summed E-state index contributed by atoms with van der Waals surface area (Å²) in [6.45, 7) is 6.93. The summed E-state index contributed by atoms with van der Waals surface area (Å²) in [5.74, 6) is 0. The van der Waals surface area contributed by atoms with E-state index in [0.29, 0.717) is 0 Å². The number of rotatable bonds is 22. The van der Waals surface area contributed by atoms with E-state index >= 15 is 0 Å². The molecule has 0 nitrogen and oxygen atoms in total. The third-order valence-corrected chi connectivity index (χ3v) is 13.9. The van der Waals surface area contributed by atoms with Gasteiger partial charge in [0, 0.05) is 8.45 Å². The molecule has 2 heterocycles. The third kappa shape index (κ3) is 12.2. The Morgan fingerprint density at radius 3 is 1.30 bits per heavy atom. The fraction of sp³-hybridized carbons (Fsp3) is 0.750. The van der Waals surface area contributed by atoms with Crippen LogP contribution in [-0.4, -0.2) is 0 Å². The molecule has 0 radical (unpaired) electrons. The maximum absolute atomic E-state index is 4.05. The largest absolute Gasteiger partial charge is 0.127 e. The van der Waals surface area contributed by atoms with Gasteiger partial charge in [-0.2, -0.15) is 0 Å². The van der Waals surface area contributed by atoms with Gasteiger partial charge >= 0.3 is 0 Å². The molecule has 0 aliphatic rings. The number of hydrogen-bond acceptors (Lipinski definition) is 2. The molecule has 0 aromatic carbocycles. The summed E-state index contributed by atoms with van der Waals surface area (Å²) in [6.07, 6.45) is 28.4. The highest BCUT2D eigenvalue weighted by atomic mass is 127. The van der Waals surface area contributed by atoms with Crippen molar-refractivity contribution < 1.29 is 0 Å². The number of hydrogen-bond donors (Lipinski definition) is 0. The van der Waals surface area contributed by atoms with Crippen LogP contribution in [0.15, 0.2) is 7.57 Å². The van der Waals surface area contributed by atoms with Gasteiger partial charge in [-0.15, -0.1) is 22.7 Å². The normalized spacial score (nSPS) is 11.6. The fourth-order valence-corrected chi connectivity index (χ4v) is 10.2. The van der Waals surface area contributed by atoms with E-state index in [4.69, 9.17) is 0 Å². The van der Waals surface area contributed by atoms with Crippen molar-refractivity contribution in [2.75, 3.05) is 0 Å². The van der Waals surface area contributed by atoms with Gasteiger partial charge in [0.1, 0.15) is 0 Å². The van der Waals surface area contributed by atoms with Crippen LogP contribution < -0.4 is 0 Å². The number of halogens is 3. The van der Waals surface area contributed by atoms with Crippen molar-refractivity contribution in [1.82, 2.24) is 0 Å². The minimum Gasteiger partial charge on any atom is -0.127 e. The molecule has 0 aliphatic heterocycles. The van der Waals surface area contributed by atoms with E-state index in [1.807, 2.05) is 22.7 Å². The van der Waals surface area contributed by atoms with Crippen LogP contribution >= 0.6 is 77.1 Å². The Labute approximate surface area is 268 Å². The molecule has 0 saturated carbocycles. The predicted molar refractivity (Wildman–Crippen MR) is 187 cm³/mol. The lowest BCUT2D eigenvalue weighted by atomic mass is 9.96. The zero-order chi connectivity index (χ0) is 26.9. The second-order valence-electron chi connectivity index (χ2n) is 10.7. The lowest BCUT2D eigenvalue weighted by Crippen LogP contribution is -1.96. The average molecular weight is 787 g/mol. The molecule has 0 unspecified atom stereocenters. The van der Waals surface area contributed by atoms with Gasteiger partial charge in [-0.1, -0.05) is 117 Å². The quantitative estimate of drug-likeness (QED) is 0.0824. The van der Waals surface area contributed by atoms with E-state index in [-0.39, 0.29) is 0 Å². The highest BCUT2D eigenvalue weighted by Gasteiger charge is 2.23. The maximum Gasteiger partial charge on any atom is 0.0841 e. The molecular formula is C32H51Br2IS2. The Hall–Kier alpha value is 1.09. The Morgan fingerprint density at radius 2 is 0.811 bits per heavy atom. The van der Waals surface area contributed by atoms with Gasteiger partial charge in [-0.3, -0.25) is 0 Å². The second kappa shape index (κ2) is 20.9.